The first-order chi connectivity index (χ1) is 14.9. The molecule has 164 valence electrons. The summed E-state index contributed by atoms with van der Waals surface area (Å²) >= 11 is 6.30. The summed E-state index contributed by atoms with van der Waals surface area (Å²) in [5.41, 5.74) is 0.625. The topological polar surface area (TPSA) is 107 Å². The number of aromatic amines is 1. The van der Waals surface area contributed by atoms with Gasteiger partial charge >= 0.3 is 0 Å². The second-order valence-corrected chi connectivity index (χ2v) is 8.58. The number of anilines is 1. The Labute approximate surface area is 185 Å². The Kier molecular flexibility index (Phi) is 6.00. The zero-order chi connectivity index (χ0) is 22.0. The number of para-hydroxylation sites is 1. The number of hydrogen-bond acceptors (Lipinski definition) is 4. The maximum absolute atomic E-state index is 13.3. The van der Waals surface area contributed by atoms with Crippen LogP contribution in [0.2, 0.25) is 5.02 Å². The van der Waals surface area contributed by atoms with Gasteiger partial charge in [-0.2, -0.15) is 0 Å². The Hall–Kier alpha value is -2.87. The molecule has 1 spiro atoms. The number of nitrogens with one attached hydrogen (secondary N) is 3. The number of hydrogen-bond donors (Lipinski definition) is 3. The van der Waals surface area contributed by atoms with Crippen LogP contribution in [0, 0.1) is 5.41 Å². The summed E-state index contributed by atoms with van der Waals surface area (Å²) in [5.74, 6) is -0.611. The van der Waals surface area contributed by atoms with Crippen molar-refractivity contribution >= 4 is 35.0 Å². The van der Waals surface area contributed by atoms with Gasteiger partial charge in [-0.15, -0.1) is 0 Å². The van der Waals surface area contributed by atoms with E-state index in [1.807, 2.05) is 18.2 Å². The molecule has 4 rings (SSSR count). The molecule has 0 atom stereocenters. The van der Waals surface area contributed by atoms with Crippen molar-refractivity contribution in [1.29, 1.82) is 0 Å². The van der Waals surface area contributed by atoms with Crippen LogP contribution in [0.5, 0.6) is 0 Å². The molecule has 1 aliphatic carbocycles. The number of halogens is 1. The number of amides is 3. The van der Waals surface area contributed by atoms with Crippen LogP contribution in [-0.4, -0.2) is 46.8 Å². The fourth-order valence-electron chi connectivity index (χ4n) is 4.64. The molecule has 31 heavy (non-hydrogen) atoms. The summed E-state index contributed by atoms with van der Waals surface area (Å²) in [7, 11) is 0. The van der Waals surface area contributed by atoms with Crippen LogP contribution in [0.1, 0.15) is 60.0 Å². The van der Waals surface area contributed by atoms with E-state index in [0.717, 1.165) is 12.1 Å². The number of rotatable bonds is 5. The van der Waals surface area contributed by atoms with Gasteiger partial charge in [0.2, 0.25) is 5.91 Å². The average Bonchev–Trinajstić information content (AvgIpc) is 3.37. The third-order valence-corrected chi connectivity index (χ3v) is 6.67. The van der Waals surface area contributed by atoms with Gasteiger partial charge in [0.1, 0.15) is 5.69 Å². The van der Waals surface area contributed by atoms with Crippen molar-refractivity contribution in [2.45, 2.75) is 45.1 Å². The monoisotopic (exact) mass is 443 g/mol. The smallest absolute Gasteiger partial charge is 0.272 e. The number of H-pyrrole nitrogens is 1. The van der Waals surface area contributed by atoms with E-state index in [0.29, 0.717) is 43.8 Å². The number of aromatic nitrogens is 2. The number of carbonyl (C=O) groups excluding carboxylic acids is 3. The summed E-state index contributed by atoms with van der Waals surface area (Å²) < 4.78 is 0. The van der Waals surface area contributed by atoms with Crippen LogP contribution in [0.4, 0.5) is 5.69 Å². The van der Waals surface area contributed by atoms with Gasteiger partial charge in [0.05, 0.1) is 22.5 Å². The fraction of sp³-hybridized carbons (Fsp3) is 0.455. The molecule has 9 heteroatoms. The van der Waals surface area contributed by atoms with E-state index in [-0.39, 0.29) is 40.6 Å². The Morgan fingerprint density at radius 1 is 1.23 bits per heavy atom. The summed E-state index contributed by atoms with van der Waals surface area (Å²) in [6.07, 6.45) is 4.97. The summed E-state index contributed by atoms with van der Waals surface area (Å²) in [6.45, 7) is 2.92. The summed E-state index contributed by atoms with van der Waals surface area (Å²) in [4.78, 5) is 46.6. The van der Waals surface area contributed by atoms with E-state index in [9.17, 15) is 14.4 Å². The van der Waals surface area contributed by atoms with Crippen molar-refractivity contribution in [3.05, 3.63) is 47.0 Å². The third kappa shape index (κ3) is 4.04. The van der Waals surface area contributed by atoms with E-state index in [1.54, 1.807) is 17.9 Å². The van der Waals surface area contributed by atoms with Crippen molar-refractivity contribution in [3.8, 4) is 0 Å². The molecule has 1 aromatic heterocycles. The minimum atomic E-state index is -0.388. The van der Waals surface area contributed by atoms with Crippen LogP contribution < -0.4 is 15.5 Å². The SMILES string of the molecule is CCNC(=O)c1nc[nH]c1C(=O)N[C@H]1CC[C@@]2(CCN(c3ccccc3Cl)C2=O)CC1. The van der Waals surface area contributed by atoms with E-state index in [1.165, 1.54) is 6.33 Å². The highest BCUT2D eigenvalue weighted by atomic mass is 35.5. The van der Waals surface area contributed by atoms with Gasteiger partial charge in [-0.05, 0) is 51.2 Å². The zero-order valence-electron chi connectivity index (χ0n) is 17.4. The van der Waals surface area contributed by atoms with Gasteiger partial charge < -0.3 is 20.5 Å². The number of nitrogens with zero attached hydrogens (tertiary/aromatic N) is 2. The van der Waals surface area contributed by atoms with Gasteiger partial charge in [0.25, 0.3) is 11.8 Å². The highest BCUT2D eigenvalue weighted by molar-refractivity contribution is 6.34. The zero-order valence-corrected chi connectivity index (χ0v) is 18.2. The second-order valence-electron chi connectivity index (χ2n) is 8.17. The number of imidazole rings is 1. The average molecular weight is 444 g/mol. The molecule has 2 fully saturated rings. The molecule has 3 N–H and O–H groups in total. The van der Waals surface area contributed by atoms with Crippen molar-refractivity contribution in [1.82, 2.24) is 20.6 Å². The lowest BCUT2D eigenvalue weighted by atomic mass is 9.71. The van der Waals surface area contributed by atoms with Crippen molar-refractivity contribution in [2.75, 3.05) is 18.0 Å². The molecule has 0 unspecified atom stereocenters. The van der Waals surface area contributed by atoms with E-state index in [4.69, 9.17) is 11.6 Å². The summed E-state index contributed by atoms with van der Waals surface area (Å²) in [5, 5.41) is 6.23. The van der Waals surface area contributed by atoms with E-state index < -0.39 is 0 Å². The van der Waals surface area contributed by atoms with Crippen molar-refractivity contribution in [2.24, 2.45) is 5.41 Å². The molecule has 2 aliphatic rings. The first-order valence-corrected chi connectivity index (χ1v) is 11.0. The highest BCUT2D eigenvalue weighted by Gasteiger charge is 2.49. The van der Waals surface area contributed by atoms with E-state index >= 15 is 0 Å². The quantitative estimate of drug-likeness (QED) is 0.660. The van der Waals surface area contributed by atoms with Gasteiger partial charge in [0.15, 0.2) is 5.69 Å². The van der Waals surface area contributed by atoms with Crippen LogP contribution in [-0.2, 0) is 4.79 Å². The molecule has 1 saturated heterocycles. The van der Waals surface area contributed by atoms with E-state index in [2.05, 4.69) is 20.6 Å². The molecule has 0 radical (unpaired) electrons. The fourth-order valence-corrected chi connectivity index (χ4v) is 4.88. The lowest BCUT2D eigenvalue weighted by Crippen LogP contribution is -2.44. The van der Waals surface area contributed by atoms with Crippen molar-refractivity contribution in [3.63, 3.8) is 0 Å². The maximum Gasteiger partial charge on any atom is 0.272 e. The highest BCUT2D eigenvalue weighted by Crippen LogP contribution is 2.46. The first-order valence-electron chi connectivity index (χ1n) is 10.6. The van der Waals surface area contributed by atoms with Gasteiger partial charge in [-0.25, -0.2) is 4.98 Å². The molecular formula is C22H26ClN5O3. The molecule has 1 saturated carbocycles. The molecule has 1 aliphatic heterocycles. The van der Waals surface area contributed by atoms with Crippen molar-refractivity contribution < 1.29 is 14.4 Å². The number of benzene rings is 1. The second kappa shape index (κ2) is 8.70. The first kappa shape index (κ1) is 21.4. The molecule has 3 amide bonds. The normalized spacial score (nSPS) is 23.2. The summed E-state index contributed by atoms with van der Waals surface area (Å²) in [6, 6.07) is 7.36. The molecule has 1 aromatic carbocycles. The predicted octanol–water partition coefficient (Wildman–Crippen LogP) is 2.91. The maximum atomic E-state index is 13.3. The molecule has 8 nitrogen and oxygen atoms in total. The number of carbonyl (C=O) groups is 3. The van der Waals surface area contributed by atoms with Crippen LogP contribution in [0.25, 0.3) is 0 Å². The van der Waals surface area contributed by atoms with Gasteiger partial charge in [0, 0.05) is 19.1 Å². The minimum Gasteiger partial charge on any atom is -0.351 e. The predicted molar refractivity (Wildman–Crippen MR) is 117 cm³/mol. The molecule has 2 heterocycles. The van der Waals surface area contributed by atoms with Gasteiger partial charge in [-0.3, -0.25) is 14.4 Å². The van der Waals surface area contributed by atoms with Crippen LogP contribution in [0.3, 0.4) is 0 Å². The molecular weight excluding hydrogens is 418 g/mol. The van der Waals surface area contributed by atoms with Gasteiger partial charge in [-0.1, -0.05) is 23.7 Å². The third-order valence-electron chi connectivity index (χ3n) is 6.35. The largest absolute Gasteiger partial charge is 0.351 e. The lowest BCUT2D eigenvalue weighted by Gasteiger charge is -2.36. The Bertz CT molecular complexity index is 997. The van der Waals surface area contributed by atoms with Crippen LogP contribution >= 0.6 is 11.6 Å². The standard InChI is InChI=1S/C22H26ClN5O3/c1-2-24-19(29)17-18(26-13-25-17)20(30)27-14-7-9-22(10-8-14)11-12-28(21(22)31)16-6-4-3-5-15(16)23/h3-6,13-14H,2,7-12H2,1H3,(H,24,29)(H,25,26)(H,27,30)/t14-,22-. The van der Waals surface area contributed by atoms with Crippen LogP contribution in [0.15, 0.2) is 30.6 Å². The molecule has 2 aromatic rings. The minimum absolute atomic E-state index is 0.0503. The Balaban J connectivity index is 1.38. The molecule has 0 bridgehead atoms. The lowest BCUT2D eigenvalue weighted by molar-refractivity contribution is -0.127. The Morgan fingerprint density at radius 2 is 1.97 bits per heavy atom. The Morgan fingerprint density at radius 3 is 2.68 bits per heavy atom.